The molecule has 1 heterocycles. The number of carbonyl (C=O) groups excluding carboxylic acids is 1. The van der Waals surface area contributed by atoms with E-state index >= 15 is 0 Å². The molecule has 2 rings (SSSR count). The van der Waals surface area contributed by atoms with Crippen LogP contribution in [0.4, 0.5) is 5.69 Å². The molecule has 1 N–H and O–H groups in total. The van der Waals surface area contributed by atoms with Crippen molar-refractivity contribution in [1.82, 2.24) is 4.90 Å². The summed E-state index contributed by atoms with van der Waals surface area (Å²) in [6.45, 7) is 2.39. The van der Waals surface area contributed by atoms with Crippen molar-refractivity contribution in [1.29, 1.82) is 0 Å². The number of benzene rings is 1. The molecule has 0 radical (unpaired) electrons. The van der Waals surface area contributed by atoms with Gasteiger partial charge >= 0.3 is 0 Å². The summed E-state index contributed by atoms with van der Waals surface area (Å²) in [7, 11) is 0. The highest BCUT2D eigenvalue weighted by atomic mass is 16.6. The van der Waals surface area contributed by atoms with Gasteiger partial charge in [0.2, 0.25) is 0 Å². The summed E-state index contributed by atoms with van der Waals surface area (Å²) in [6.07, 6.45) is 1.33. The van der Waals surface area contributed by atoms with Gasteiger partial charge in [-0.2, -0.15) is 0 Å². The third kappa shape index (κ3) is 2.90. The van der Waals surface area contributed by atoms with E-state index in [2.05, 4.69) is 0 Å². The number of likely N-dealkylation sites (tertiary alicyclic amines) is 1. The summed E-state index contributed by atoms with van der Waals surface area (Å²) in [5, 5.41) is 20.9. The Balaban J connectivity index is 2.27. The first-order chi connectivity index (χ1) is 8.91. The normalized spacial score (nSPS) is 23.2. The van der Waals surface area contributed by atoms with Gasteiger partial charge in [0, 0.05) is 19.2 Å². The first-order valence-electron chi connectivity index (χ1n) is 6.16. The van der Waals surface area contributed by atoms with Crippen LogP contribution in [0.15, 0.2) is 24.3 Å². The number of nitrogens with zero attached hydrogens (tertiary/aromatic N) is 2. The van der Waals surface area contributed by atoms with Crippen LogP contribution < -0.4 is 0 Å². The van der Waals surface area contributed by atoms with Crippen LogP contribution in [0.25, 0.3) is 0 Å². The van der Waals surface area contributed by atoms with E-state index in [4.69, 9.17) is 0 Å². The minimum absolute atomic E-state index is 0.0743. The number of aliphatic hydroxyl groups is 1. The number of hydrogen-bond donors (Lipinski definition) is 1. The lowest BCUT2D eigenvalue weighted by atomic mass is 9.94. The Kier molecular flexibility index (Phi) is 3.53. The first kappa shape index (κ1) is 13.5. The molecular weight excluding hydrogens is 248 g/mol. The van der Waals surface area contributed by atoms with Crippen LogP contribution in [-0.4, -0.2) is 39.5 Å². The molecule has 0 bridgehead atoms. The van der Waals surface area contributed by atoms with E-state index in [1.165, 1.54) is 23.1 Å². The fraction of sp³-hybridized carbons (Fsp3) is 0.462. The van der Waals surface area contributed by atoms with Crippen LogP contribution in [-0.2, 0) is 0 Å². The summed E-state index contributed by atoms with van der Waals surface area (Å²) < 4.78 is 0. The topological polar surface area (TPSA) is 83.7 Å². The van der Waals surface area contributed by atoms with Crippen LogP contribution in [0.3, 0.4) is 0 Å². The molecule has 102 valence electrons. The molecule has 1 aromatic rings. The van der Waals surface area contributed by atoms with Gasteiger partial charge in [-0.05, 0) is 25.8 Å². The van der Waals surface area contributed by atoms with Crippen LogP contribution in [0.5, 0.6) is 0 Å². The summed E-state index contributed by atoms with van der Waals surface area (Å²) in [4.78, 5) is 24.2. The maximum Gasteiger partial charge on any atom is 0.282 e. The van der Waals surface area contributed by atoms with Gasteiger partial charge in [-0.1, -0.05) is 12.1 Å². The number of β-amino-alcohol motifs (C(OH)–C–C–N with tert-alkyl or cyclic N) is 1. The van der Waals surface area contributed by atoms with Crippen LogP contribution >= 0.6 is 0 Å². The van der Waals surface area contributed by atoms with Gasteiger partial charge in [0.25, 0.3) is 11.6 Å². The Hall–Kier alpha value is -1.95. The van der Waals surface area contributed by atoms with E-state index in [-0.39, 0.29) is 17.8 Å². The number of amides is 1. The molecule has 1 fully saturated rings. The highest BCUT2D eigenvalue weighted by Gasteiger charge is 2.33. The molecule has 1 unspecified atom stereocenters. The second kappa shape index (κ2) is 4.97. The molecule has 1 atom stereocenters. The van der Waals surface area contributed by atoms with Crippen LogP contribution in [0.1, 0.15) is 30.1 Å². The molecule has 1 aliphatic heterocycles. The monoisotopic (exact) mass is 264 g/mol. The molecule has 1 aliphatic rings. The largest absolute Gasteiger partial charge is 0.388 e. The predicted octanol–water partition coefficient (Wildman–Crippen LogP) is 1.58. The third-order valence-corrected chi connectivity index (χ3v) is 3.29. The van der Waals surface area contributed by atoms with E-state index < -0.39 is 16.4 Å². The molecule has 6 nitrogen and oxygen atoms in total. The third-order valence-electron chi connectivity index (χ3n) is 3.29. The summed E-state index contributed by atoms with van der Waals surface area (Å²) >= 11 is 0. The fourth-order valence-electron chi connectivity index (χ4n) is 2.38. The lowest BCUT2D eigenvalue weighted by molar-refractivity contribution is -0.385. The Morgan fingerprint density at radius 2 is 2.16 bits per heavy atom. The van der Waals surface area contributed by atoms with Crippen molar-refractivity contribution in [3.8, 4) is 0 Å². The Morgan fingerprint density at radius 3 is 2.79 bits per heavy atom. The summed E-state index contributed by atoms with van der Waals surface area (Å²) in [6, 6.07) is 5.89. The second-order valence-electron chi connectivity index (χ2n) is 5.10. The molecule has 1 aromatic carbocycles. The van der Waals surface area contributed by atoms with Crippen molar-refractivity contribution in [2.75, 3.05) is 13.1 Å². The minimum Gasteiger partial charge on any atom is -0.388 e. The van der Waals surface area contributed by atoms with Gasteiger partial charge in [-0.3, -0.25) is 14.9 Å². The quantitative estimate of drug-likeness (QED) is 0.649. The zero-order chi connectivity index (χ0) is 14.0. The fourth-order valence-corrected chi connectivity index (χ4v) is 2.38. The molecule has 0 aromatic heterocycles. The number of piperidine rings is 1. The molecule has 0 saturated carbocycles. The molecule has 0 aliphatic carbocycles. The molecule has 6 heteroatoms. The number of para-hydroxylation sites is 1. The highest BCUT2D eigenvalue weighted by Crippen LogP contribution is 2.25. The van der Waals surface area contributed by atoms with Gasteiger partial charge in [0.05, 0.1) is 10.5 Å². The van der Waals surface area contributed by atoms with Crippen molar-refractivity contribution < 1.29 is 14.8 Å². The van der Waals surface area contributed by atoms with Crippen LogP contribution in [0.2, 0.25) is 0 Å². The zero-order valence-electron chi connectivity index (χ0n) is 10.7. The van der Waals surface area contributed by atoms with E-state index in [0.29, 0.717) is 19.4 Å². The maximum absolute atomic E-state index is 12.3. The van der Waals surface area contributed by atoms with E-state index in [9.17, 15) is 20.0 Å². The smallest absolute Gasteiger partial charge is 0.282 e. The lowest BCUT2D eigenvalue weighted by Crippen LogP contribution is -2.48. The number of nitro benzene ring substituents is 1. The van der Waals surface area contributed by atoms with Crippen molar-refractivity contribution >= 4 is 11.6 Å². The van der Waals surface area contributed by atoms with Gasteiger partial charge in [0.1, 0.15) is 5.56 Å². The summed E-state index contributed by atoms with van der Waals surface area (Å²) in [5.74, 6) is -0.396. The van der Waals surface area contributed by atoms with Crippen LogP contribution in [0, 0.1) is 10.1 Å². The van der Waals surface area contributed by atoms with Crippen molar-refractivity contribution in [2.24, 2.45) is 0 Å². The van der Waals surface area contributed by atoms with Crippen molar-refractivity contribution in [2.45, 2.75) is 25.4 Å². The number of hydrogen-bond acceptors (Lipinski definition) is 4. The minimum atomic E-state index is -0.919. The van der Waals surface area contributed by atoms with E-state index in [0.717, 1.165) is 0 Å². The van der Waals surface area contributed by atoms with Gasteiger partial charge in [0.15, 0.2) is 0 Å². The van der Waals surface area contributed by atoms with Gasteiger partial charge in [-0.15, -0.1) is 0 Å². The molecule has 1 amide bonds. The number of carbonyl (C=O) groups is 1. The second-order valence-corrected chi connectivity index (χ2v) is 5.10. The SMILES string of the molecule is CC1(O)CCCN(C(=O)c2ccccc2[N+](=O)[O-])C1. The van der Waals surface area contributed by atoms with E-state index in [1.807, 2.05) is 0 Å². The first-order valence-corrected chi connectivity index (χ1v) is 6.16. The lowest BCUT2D eigenvalue weighted by Gasteiger charge is -2.36. The molecule has 0 spiro atoms. The summed E-state index contributed by atoms with van der Waals surface area (Å²) in [5.41, 5.74) is -1.04. The molecule has 1 saturated heterocycles. The van der Waals surface area contributed by atoms with Gasteiger partial charge < -0.3 is 10.0 Å². The standard InChI is InChI=1S/C13H16N2O4/c1-13(17)7-4-8-14(9-13)12(16)10-5-2-3-6-11(10)15(18)19/h2-3,5-6,17H,4,7-9H2,1H3. The predicted molar refractivity (Wildman–Crippen MR) is 68.9 cm³/mol. The average molecular weight is 264 g/mol. The van der Waals surface area contributed by atoms with Crippen molar-refractivity contribution in [3.05, 3.63) is 39.9 Å². The highest BCUT2D eigenvalue weighted by molar-refractivity contribution is 5.98. The molecular formula is C13H16N2O4. The van der Waals surface area contributed by atoms with Crippen molar-refractivity contribution in [3.63, 3.8) is 0 Å². The Morgan fingerprint density at radius 1 is 1.47 bits per heavy atom. The van der Waals surface area contributed by atoms with Gasteiger partial charge in [-0.25, -0.2) is 0 Å². The van der Waals surface area contributed by atoms with E-state index in [1.54, 1.807) is 13.0 Å². The zero-order valence-corrected chi connectivity index (χ0v) is 10.7. The maximum atomic E-state index is 12.3. The number of rotatable bonds is 2. The Labute approximate surface area is 110 Å². The molecule has 19 heavy (non-hydrogen) atoms. The Bertz CT molecular complexity index is 513. The average Bonchev–Trinajstić information content (AvgIpc) is 2.36. The number of nitro groups is 1.